The van der Waals surface area contributed by atoms with Crippen LogP contribution in [0.1, 0.15) is 52.6 Å². The average molecular weight is 280 g/mol. The standard InChI is InChI=1S/C17H26ClN/c1-6-14(12-7-9-13(18)10-8-12)19-11-15-16(2,3)17(15,4)5/h7-10,14-15,19H,6,11H2,1-5H3. The van der Waals surface area contributed by atoms with Crippen LogP contribution >= 0.6 is 11.6 Å². The summed E-state index contributed by atoms with van der Waals surface area (Å²) in [7, 11) is 0. The fourth-order valence-electron chi connectivity index (χ4n) is 3.30. The van der Waals surface area contributed by atoms with Gasteiger partial charge in [-0.3, -0.25) is 0 Å². The number of nitrogens with one attached hydrogen (secondary N) is 1. The van der Waals surface area contributed by atoms with Crippen LogP contribution < -0.4 is 5.32 Å². The zero-order valence-corrected chi connectivity index (χ0v) is 13.5. The van der Waals surface area contributed by atoms with Crippen molar-refractivity contribution in [1.82, 2.24) is 5.32 Å². The maximum Gasteiger partial charge on any atom is 0.0406 e. The van der Waals surface area contributed by atoms with E-state index in [1.54, 1.807) is 0 Å². The highest BCUT2D eigenvalue weighted by molar-refractivity contribution is 6.30. The molecule has 1 aromatic carbocycles. The van der Waals surface area contributed by atoms with E-state index in [0.29, 0.717) is 16.9 Å². The Balaban J connectivity index is 1.96. The van der Waals surface area contributed by atoms with Crippen molar-refractivity contribution in [2.75, 3.05) is 6.54 Å². The Morgan fingerprint density at radius 2 is 1.63 bits per heavy atom. The van der Waals surface area contributed by atoms with E-state index in [1.165, 1.54) is 5.56 Å². The quantitative estimate of drug-likeness (QED) is 0.794. The van der Waals surface area contributed by atoms with Crippen LogP contribution in [0.2, 0.25) is 5.02 Å². The molecule has 1 fully saturated rings. The SMILES string of the molecule is CCC(NCC1C(C)(C)C1(C)C)c1ccc(Cl)cc1. The molecule has 2 rings (SSSR count). The summed E-state index contributed by atoms with van der Waals surface area (Å²) in [5.41, 5.74) is 2.25. The second-order valence-corrected chi connectivity index (χ2v) is 7.35. The van der Waals surface area contributed by atoms with Gasteiger partial charge in [-0.1, -0.05) is 58.4 Å². The first-order valence-corrected chi connectivity index (χ1v) is 7.67. The first kappa shape index (κ1) is 14.9. The fraction of sp³-hybridized carbons (Fsp3) is 0.647. The highest BCUT2D eigenvalue weighted by Crippen LogP contribution is 2.68. The Morgan fingerprint density at radius 1 is 1.11 bits per heavy atom. The van der Waals surface area contributed by atoms with Crippen molar-refractivity contribution in [1.29, 1.82) is 0 Å². The molecular weight excluding hydrogens is 254 g/mol. The first-order valence-electron chi connectivity index (χ1n) is 7.29. The van der Waals surface area contributed by atoms with Gasteiger partial charge in [-0.15, -0.1) is 0 Å². The molecule has 2 heteroatoms. The predicted molar refractivity (Wildman–Crippen MR) is 83.5 cm³/mol. The van der Waals surface area contributed by atoms with Gasteiger partial charge in [0.15, 0.2) is 0 Å². The molecule has 1 N–H and O–H groups in total. The Bertz CT molecular complexity index is 419. The number of benzene rings is 1. The Hall–Kier alpha value is -0.530. The van der Waals surface area contributed by atoms with Crippen LogP contribution in [-0.4, -0.2) is 6.54 Å². The van der Waals surface area contributed by atoms with Crippen LogP contribution in [0.5, 0.6) is 0 Å². The normalized spacial score (nSPS) is 22.2. The van der Waals surface area contributed by atoms with Gasteiger partial charge >= 0.3 is 0 Å². The Morgan fingerprint density at radius 3 is 2.05 bits per heavy atom. The van der Waals surface area contributed by atoms with E-state index in [4.69, 9.17) is 11.6 Å². The largest absolute Gasteiger partial charge is 0.310 e. The Kier molecular flexibility index (Phi) is 3.99. The van der Waals surface area contributed by atoms with Gasteiger partial charge < -0.3 is 5.32 Å². The lowest BCUT2D eigenvalue weighted by atomic mass is 10.0. The van der Waals surface area contributed by atoms with E-state index in [1.807, 2.05) is 12.1 Å². The lowest BCUT2D eigenvalue weighted by molar-refractivity contribution is 0.457. The molecule has 0 saturated heterocycles. The van der Waals surface area contributed by atoms with Crippen molar-refractivity contribution < 1.29 is 0 Å². The summed E-state index contributed by atoms with van der Waals surface area (Å²) in [5, 5.41) is 4.54. The topological polar surface area (TPSA) is 12.0 Å². The maximum atomic E-state index is 5.95. The summed E-state index contributed by atoms with van der Waals surface area (Å²) in [6.45, 7) is 12.8. The summed E-state index contributed by atoms with van der Waals surface area (Å²) in [6, 6.07) is 8.65. The van der Waals surface area contributed by atoms with Crippen LogP contribution in [0, 0.1) is 16.7 Å². The summed E-state index contributed by atoms with van der Waals surface area (Å²) < 4.78 is 0. The lowest BCUT2D eigenvalue weighted by Crippen LogP contribution is -2.24. The minimum Gasteiger partial charge on any atom is -0.310 e. The van der Waals surface area contributed by atoms with Crippen molar-refractivity contribution in [3.63, 3.8) is 0 Å². The first-order chi connectivity index (χ1) is 8.80. The zero-order chi connectivity index (χ0) is 14.3. The summed E-state index contributed by atoms with van der Waals surface area (Å²) in [4.78, 5) is 0. The molecule has 1 saturated carbocycles. The van der Waals surface area contributed by atoms with Crippen molar-refractivity contribution in [3.05, 3.63) is 34.9 Å². The predicted octanol–water partition coefficient (Wildman–Crippen LogP) is 5.06. The molecule has 0 aliphatic heterocycles. The molecule has 0 spiro atoms. The monoisotopic (exact) mass is 279 g/mol. The van der Waals surface area contributed by atoms with Crippen molar-refractivity contribution in [3.8, 4) is 0 Å². The second kappa shape index (κ2) is 5.10. The zero-order valence-electron chi connectivity index (χ0n) is 12.8. The van der Waals surface area contributed by atoms with Crippen LogP contribution in [0.4, 0.5) is 0 Å². The molecule has 1 aliphatic rings. The molecule has 0 bridgehead atoms. The van der Waals surface area contributed by atoms with E-state index < -0.39 is 0 Å². The number of hydrogen-bond acceptors (Lipinski definition) is 1. The highest BCUT2D eigenvalue weighted by Gasteiger charge is 2.63. The molecular formula is C17H26ClN. The number of rotatable bonds is 5. The molecule has 0 heterocycles. The fourth-order valence-corrected chi connectivity index (χ4v) is 3.42. The van der Waals surface area contributed by atoms with Gasteiger partial charge in [-0.25, -0.2) is 0 Å². The van der Waals surface area contributed by atoms with E-state index in [0.717, 1.165) is 23.9 Å². The molecule has 1 unspecified atom stereocenters. The molecule has 19 heavy (non-hydrogen) atoms. The number of hydrogen-bond donors (Lipinski definition) is 1. The van der Waals surface area contributed by atoms with Crippen molar-refractivity contribution >= 4 is 11.6 Å². The van der Waals surface area contributed by atoms with E-state index in [-0.39, 0.29) is 0 Å². The van der Waals surface area contributed by atoms with E-state index >= 15 is 0 Å². The minimum absolute atomic E-state index is 0.435. The highest BCUT2D eigenvalue weighted by atomic mass is 35.5. The van der Waals surface area contributed by atoms with Crippen LogP contribution in [0.25, 0.3) is 0 Å². The molecule has 0 radical (unpaired) electrons. The van der Waals surface area contributed by atoms with Gasteiger partial charge in [0.05, 0.1) is 0 Å². The van der Waals surface area contributed by atoms with Crippen LogP contribution in [0.15, 0.2) is 24.3 Å². The lowest BCUT2D eigenvalue weighted by Gasteiger charge is -2.18. The van der Waals surface area contributed by atoms with Gasteiger partial charge in [0.2, 0.25) is 0 Å². The van der Waals surface area contributed by atoms with Crippen LogP contribution in [0.3, 0.4) is 0 Å². The summed E-state index contributed by atoms with van der Waals surface area (Å²) in [5.74, 6) is 0.765. The van der Waals surface area contributed by atoms with Gasteiger partial charge in [0, 0.05) is 11.1 Å². The third-order valence-electron chi connectivity index (χ3n) is 5.57. The van der Waals surface area contributed by atoms with E-state index in [2.05, 4.69) is 52.1 Å². The van der Waals surface area contributed by atoms with E-state index in [9.17, 15) is 0 Å². The average Bonchev–Trinajstić information content (AvgIpc) is 2.73. The van der Waals surface area contributed by atoms with Gasteiger partial charge in [-0.05, 0) is 47.4 Å². The van der Waals surface area contributed by atoms with Gasteiger partial charge in [-0.2, -0.15) is 0 Å². The molecule has 106 valence electrons. The van der Waals surface area contributed by atoms with Crippen molar-refractivity contribution in [2.24, 2.45) is 16.7 Å². The molecule has 1 nitrogen and oxygen atoms in total. The van der Waals surface area contributed by atoms with Gasteiger partial charge in [0.1, 0.15) is 0 Å². The smallest absolute Gasteiger partial charge is 0.0406 e. The minimum atomic E-state index is 0.435. The molecule has 0 aromatic heterocycles. The molecule has 1 aliphatic carbocycles. The third-order valence-corrected chi connectivity index (χ3v) is 5.82. The maximum absolute atomic E-state index is 5.95. The second-order valence-electron chi connectivity index (χ2n) is 6.92. The van der Waals surface area contributed by atoms with Crippen LogP contribution in [-0.2, 0) is 0 Å². The number of halogens is 1. The van der Waals surface area contributed by atoms with Crippen molar-refractivity contribution in [2.45, 2.75) is 47.1 Å². The van der Waals surface area contributed by atoms with Gasteiger partial charge in [0.25, 0.3) is 0 Å². The summed E-state index contributed by atoms with van der Waals surface area (Å²) in [6.07, 6.45) is 1.11. The third kappa shape index (κ3) is 2.68. The molecule has 1 aromatic rings. The summed E-state index contributed by atoms with van der Waals surface area (Å²) >= 11 is 5.95. The molecule has 1 atom stereocenters. The Labute approximate surface area is 122 Å². The molecule has 0 amide bonds.